The highest BCUT2D eigenvalue weighted by Crippen LogP contribution is 2.26. The van der Waals surface area contributed by atoms with Crippen molar-refractivity contribution in [3.05, 3.63) is 42.3 Å². The van der Waals surface area contributed by atoms with Crippen molar-refractivity contribution in [2.75, 3.05) is 18.0 Å². The van der Waals surface area contributed by atoms with Gasteiger partial charge in [0.25, 0.3) is 0 Å². The zero-order valence-electron chi connectivity index (χ0n) is 8.90. The maximum Gasteiger partial charge on any atom is 0.169 e. The largest absolute Gasteiger partial charge is 0.356 e. The van der Waals surface area contributed by atoms with Crippen molar-refractivity contribution in [3.63, 3.8) is 0 Å². The molecule has 2 nitrogen and oxygen atoms in total. The van der Waals surface area contributed by atoms with Crippen LogP contribution in [0, 0.1) is 0 Å². The van der Waals surface area contributed by atoms with E-state index >= 15 is 0 Å². The SMILES string of the molecule is C=CCN(CC=C)c1ccc(C(C)=O)s1. The smallest absolute Gasteiger partial charge is 0.169 e. The minimum Gasteiger partial charge on any atom is -0.356 e. The third-order valence-electron chi connectivity index (χ3n) is 1.95. The highest BCUT2D eigenvalue weighted by molar-refractivity contribution is 7.18. The van der Waals surface area contributed by atoms with Crippen LogP contribution in [0.5, 0.6) is 0 Å². The Morgan fingerprint density at radius 2 is 2.00 bits per heavy atom. The van der Waals surface area contributed by atoms with Gasteiger partial charge < -0.3 is 4.90 Å². The van der Waals surface area contributed by atoms with E-state index in [0.717, 1.165) is 23.0 Å². The maximum atomic E-state index is 11.1. The van der Waals surface area contributed by atoms with E-state index in [1.165, 1.54) is 11.3 Å². The first-order chi connectivity index (χ1) is 7.19. The van der Waals surface area contributed by atoms with Crippen LogP contribution in [-0.2, 0) is 0 Å². The van der Waals surface area contributed by atoms with Gasteiger partial charge in [-0.1, -0.05) is 12.2 Å². The summed E-state index contributed by atoms with van der Waals surface area (Å²) in [5, 5.41) is 1.08. The average molecular weight is 221 g/mol. The van der Waals surface area contributed by atoms with Gasteiger partial charge in [0.1, 0.15) is 0 Å². The van der Waals surface area contributed by atoms with Crippen molar-refractivity contribution in [2.45, 2.75) is 6.92 Å². The first-order valence-corrected chi connectivity index (χ1v) is 5.58. The molecule has 1 aromatic heterocycles. The standard InChI is InChI=1S/C12H15NOS/c1-4-8-13(9-5-2)12-7-6-11(15-12)10(3)14/h4-7H,1-2,8-9H2,3H3. The van der Waals surface area contributed by atoms with Crippen LogP contribution in [0.2, 0.25) is 0 Å². The number of carbonyl (C=O) groups excluding carboxylic acids is 1. The van der Waals surface area contributed by atoms with Gasteiger partial charge in [-0.15, -0.1) is 24.5 Å². The minimum absolute atomic E-state index is 0.114. The summed E-state index contributed by atoms with van der Waals surface area (Å²) in [5.74, 6) is 0.114. The Bertz CT molecular complexity index is 357. The Morgan fingerprint density at radius 1 is 1.40 bits per heavy atom. The van der Waals surface area contributed by atoms with Crippen LogP contribution in [0.1, 0.15) is 16.6 Å². The minimum atomic E-state index is 0.114. The molecule has 0 atom stereocenters. The van der Waals surface area contributed by atoms with Crippen molar-refractivity contribution in [2.24, 2.45) is 0 Å². The molecule has 1 rings (SSSR count). The summed E-state index contributed by atoms with van der Waals surface area (Å²) < 4.78 is 0. The molecule has 0 unspecified atom stereocenters. The quantitative estimate of drug-likeness (QED) is 0.543. The Hall–Kier alpha value is -1.35. The lowest BCUT2D eigenvalue weighted by atomic mass is 10.3. The first kappa shape index (κ1) is 11.7. The molecule has 0 spiro atoms. The fourth-order valence-corrected chi connectivity index (χ4v) is 2.17. The zero-order chi connectivity index (χ0) is 11.3. The highest BCUT2D eigenvalue weighted by Gasteiger charge is 2.08. The lowest BCUT2D eigenvalue weighted by Gasteiger charge is -2.18. The second-order valence-corrected chi connectivity index (χ2v) is 4.24. The summed E-state index contributed by atoms with van der Waals surface area (Å²) in [7, 11) is 0. The summed E-state index contributed by atoms with van der Waals surface area (Å²) in [4.78, 5) is 14.1. The molecule has 1 heterocycles. The molecule has 15 heavy (non-hydrogen) atoms. The first-order valence-electron chi connectivity index (χ1n) is 4.76. The van der Waals surface area contributed by atoms with Crippen LogP contribution in [0.25, 0.3) is 0 Å². The molecule has 0 aromatic carbocycles. The second kappa shape index (κ2) is 5.51. The highest BCUT2D eigenvalue weighted by atomic mass is 32.1. The Kier molecular flexibility index (Phi) is 4.31. The van der Waals surface area contributed by atoms with Crippen molar-refractivity contribution in [3.8, 4) is 0 Å². The molecule has 1 aromatic rings. The van der Waals surface area contributed by atoms with Crippen LogP contribution < -0.4 is 4.90 Å². The van der Waals surface area contributed by atoms with Crippen molar-refractivity contribution in [1.82, 2.24) is 0 Å². The number of Topliss-reactive ketones (excluding diaryl/α,β-unsaturated/α-hetero) is 1. The van der Waals surface area contributed by atoms with E-state index < -0.39 is 0 Å². The molecule has 0 fully saturated rings. The fourth-order valence-electron chi connectivity index (χ4n) is 1.25. The van der Waals surface area contributed by atoms with Gasteiger partial charge in [-0.05, 0) is 19.1 Å². The van der Waals surface area contributed by atoms with Gasteiger partial charge in [0.2, 0.25) is 0 Å². The third-order valence-corrected chi connectivity index (χ3v) is 3.20. The Balaban J connectivity index is 2.85. The molecule has 80 valence electrons. The van der Waals surface area contributed by atoms with E-state index in [4.69, 9.17) is 0 Å². The van der Waals surface area contributed by atoms with Gasteiger partial charge >= 0.3 is 0 Å². The average Bonchev–Trinajstić information content (AvgIpc) is 2.66. The van der Waals surface area contributed by atoms with E-state index in [1.807, 2.05) is 24.3 Å². The summed E-state index contributed by atoms with van der Waals surface area (Å²) in [6, 6.07) is 3.83. The van der Waals surface area contributed by atoms with Crippen LogP contribution in [0.3, 0.4) is 0 Å². The number of ketones is 1. The Labute approximate surface area is 94.5 Å². The molecule has 0 N–H and O–H groups in total. The number of rotatable bonds is 6. The molecule has 0 bridgehead atoms. The molecule has 0 saturated carbocycles. The number of thiophene rings is 1. The van der Waals surface area contributed by atoms with E-state index in [1.54, 1.807) is 6.92 Å². The molecule has 0 amide bonds. The van der Waals surface area contributed by atoms with Gasteiger partial charge in [0, 0.05) is 13.1 Å². The predicted octanol–water partition coefficient (Wildman–Crippen LogP) is 3.13. The van der Waals surface area contributed by atoms with Gasteiger partial charge in [0.05, 0.1) is 9.88 Å². The van der Waals surface area contributed by atoms with Gasteiger partial charge in [0.15, 0.2) is 5.78 Å². The van der Waals surface area contributed by atoms with Crippen LogP contribution >= 0.6 is 11.3 Å². The summed E-state index contributed by atoms with van der Waals surface area (Å²) in [5.41, 5.74) is 0. The summed E-state index contributed by atoms with van der Waals surface area (Å²) in [6.07, 6.45) is 3.69. The Morgan fingerprint density at radius 3 is 2.40 bits per heavy atom. The predicted molar refractivity (Wildman–Crippen MR) is 66.9 cm³/mol. The normalized spacial score (nSPS) is 9.67. The van der Waals surface area contributed by atoms with E-state index in [2.05, 4.69) is 18.1 Å². The third kappa shape index (κ3) is 3.06. The van der Waals surface area contributed by atoms with Crippen molar-refractivity contribution in [1.29, 1.82) is 0 Å². The molecule has 0 radical (unpaired) electrons. The molecule has 0 aliphatic rings. The summed E-state index contributed by atoms with van der Waals surface area (Å²) >= 11 is 1.51. The zero-order valence-corrected chi connectivity index (χ0v) is 9.72. The number of nitrogens with zero attached hydrogens (tertiary/aromatic N) is 1. The van der Waals surface area contributed by atoms with Gasteiger partial charge in [-0.25, -0.2) is 0 Å². The topological polar surface area (TPSA) is 20.3 Å². The second-order valence-electron chi connectivity index (χ2n) is 3.18. The lowest BCUT2D eigenvalue weighted by molar-refractivity contribution is 0.102. The number of anilines is 1. The van der Waals surface area contributed by atoms with Crippen molar-refractivity contribution >= 4 is 22.1 Å². The van der Waals surface area contributed by atoms with E-state index in [0.29, 0.717) is 0 Å². The van der Waals surface area contributed by atoms with Crippen LogP contribution in [0.4, 0.5) is 5.00 Å². The van der Waals surface area contributed by atoms with Crippen molar-refractivity contribution < 1.29 is 4.79 Å². The molecular formula is C12H15NOS. The molecular weight excluding hydrogens is 206 g/mol. The van der Waals surface area contributed by atoms with Crippen LogP contribution in [0.15, 0.2) is 37.4 Å². The number of carbonyl (C=O) groups is 1. The molecule has 0 saturated heterocycles. The summed E-state index contributed by atoms with van der Waals surface area (Å²) in [6.45, 7) is 10.5. The van der Waals surface area contributed by atoms with E-state index in [9.17, 15) is 4.79 Å². The molecule has 3 heteroatoms. The fraction of sp³-hybridized carbons (Fsp3) is 0.250. The van der Waals surface area contributed by atoms with Crippen LogP contribution in [-0.4, -0.2) is 18.9 Å². The van der Waals surface area contributed by atoms with Gasteiger partial charge in [-0.2, -0.15) is 0 Å². The number of hydrogen-bond acceptors (Lipinski definition) is 3. The van der Waals surface area contributed by atoms with Gasteiger partial charge in [-0.3, -0.25) is 4.79 Å². The maximum absolute atomic E-state index is 11.1. The molecule has 0 aliphatic heterocycles. The molecule has 0 aliphatic carbocycles. The number of hydrogen-bond donors (Lipinski definition) is 0. The monoisotopic (exact) mass is 221 g/mol. The lowest BCUT2D eigenvalue weighted by Crippen LogP contribution is -2.21. The van der Waals surface area contributed by atoms with E-state index in [-0.39, 0.29) is 5.78 Å².